The molecule has 1 N–H and O–H groups in total. The predicted octanol–water partition coefficient (Wildman–Crippen LogP) is 3.04. The summed E-state index contributed by atoms with van der Waals surface area (Å²) >= 11 is 0. The first-order valence-corrected chi connectivity index (χ1v) is 7.92. The molecular formula is C19H23NO5. The van der Waals surface area contributed by atoms with Crippen molar-refractivity contribution in [1.82, 2.24) is 5.32 Å². The highest BCUT2D eigenvalue weighted by atomic mass is 16.5. The lowest BCUT2D eigenvalue weighted by Crippen LogP contribution is -2.22. The van der Waals surface area contributed by atoms with Crippen LogP contribution in [0.3, 0.4) is 0 Å². The fraction of sp³-hybridized carbons (Fsp3) is 0.316. The summed E-state index contributed by atoms with van der Waals surface area (Å²) in [6.07, 6.45) is 0. The smallest absolute Gasteiger partial charge is 0.251 e. The molecule has 0 saturated carbocycles. The summed E-state index contributed by atoms with van der Waals surface area (Å²) in [5.41, 5.74) is 1.41. The van der Waals surface area contributed by atoms with Crippen LogP contribution in [0.25, 0.3) is 0 Å². The van der Waals surface area contributed by atoms with Gasteiger partial charge in [0.15, 0.2) is 23.0 Å². The maximum atomic E-state index is 12.3. The van der Waals surface area contributed by atoms with Gasteiger partial charge in [0.25, 0.3) is 5.91 Å². The van der Waals surface area contributed by atoms with E-state index < -0.39 is 0 Å². The Bertz CT molecular complexity index is 730. The molecule has 2 rings (SSSR count). The van der Waals surface area contributed by atoms with Crippen LogP contribution >= 0.6 is 0 Å². The van der Waals surface area contributed by atoms with Crippen molar-refractivity contribution in [2.24, 2.45) is 0 Å². The first kappa shape index (κ1) is 18.4. The van der Waals surface area contributed by atoms with Crippen molar-refractivity contribution in [2.75, 3.05) is 27.9 Å². The number of ether oxygens (including phenoxy) is 4. The highest BCUT2D eigenvalue weighted by molar-refractivity contribution is 5.94. The minimum Gasteiger partial charge on any atom is -0.493 e. The Labute approximate surface area is 147 Å². The number of hydrogen-bond acceptors (Lipinski definition) is 5. The molecule has 0 radical (unpaired) electrons. The van der Waals surface area contributed by atoms with E-state index in [1.165, 1.54) is 7.11 Å². The van der Waals surface area contributed by atoms with Crippen molar-refractivity contribution >= 4 is 5.91 Å². The lowest BCUT2D eigenvalue weighted by Gasteiger charge is -2.12. The second-order valence-corrected chi connectivity index (χ2v) is 5.17. The van der Waals surface area contributed by atoms with Gasteiger partial charge >= 0.3 is 0 Å². The van der Waals surface area contributed by atoms with Crippen LogP contribution in [0.15, 0.2) is 36.4 Å². The number of methoxy groups -OCH3 is 3. The van der Waals surface area contributed by atoms with E-state index >= 15 is 0 Å². The average molecular weight is 345 g/mol. The largest absolute Gasteiger partial charge is 0.493 e. The summed E-state index contributed by atoms with van der Waals surface area (Å²) < 4.78 is 21.2. The van der Waals surface area contributed by atoms with Crippen LogP contribution in [-0.2, 0) is 6.54 Å². The zero-order chi connectivity index (χ0) is 18.2. The number of amides is 1. The van der Waals surface area contributed by atoms with Crippen LogP contribution in [-0.4, -0.2) is 33.8 Å². The van der Waals surface area contributed by atoms with E-state index in [9.17, 15) is 4.79 Å². The molecule has 0 unspecified atom stereocenters. The van der Waals surface area contributed by atoms with Gasteiger partial charge in [-0.25, -0.2) is 0 Å². The summed E-state index contributed by atoms with van der Waals surface area (Å²) in [4.78, 5) is 12.3. The number of carbonyl (C=O) groups excluding carboxylic acids is 1. The number of benzene rings is 2. The SMILES string of the molecule is CCOc1ccc(CNC(=O)c2ccc(OC)c(OC)c2)cc1OC. The predicted molar refractivity (Wildman–Crippen MR) is 94.9 cm³/mol. The molecule has 1 amide bonds. The lowest BCUT2D eigenvalue weighted by molar-refractivity contribution is 0.0950. The number of nitrogens with one attached hydrogen (secondary N) is 1. The molecule has 134 valence electrons. The zero-order valence-electron chi connectivity index (χ0n) is 14.9. The fourth-order valence-electron chi connectivity index (χ4n) is 2.36. The van der Waals surface area contributed by atoms with Gasteiger partial charge in [0, 0.05) is 12.1 Å². The Morgan fingerprint density at radius 2 is 1.52 bits per heavy atom. The number of carbonyl (C=O) groups is 1. The monoisotopic (exact) mass is 345 g/mol. The Morgan fingerprint density at radius 3 is 2.16 bits per heavy atom. The molecule has 0 aliphatic heterocycles. The van der Waals surface area contributed by atoms with Crippen molar-refractivity contribution in [2.45, 2.75) is 13.5 Å². The highest BCUT2D eigenvalue weighted by Crippen LogP contribution is 2.29. The minimum absolute atomic E-state index is 0.200. The van der Waals surface area contributed by atoms with Gasteiger partial charge in [0.05, 0.1) is 27.9 Å². The van der Waals surface area contributed by atoms with E-state index in [4.69, 9.17) is 18.9 Å². The van der Waals surface area contributed by atoms with Crippen LogP contribution in [0.1, 0.15) is 22.8 Å². The molecular weight excluding hydrogens is 322 g/mol. The molecule has 0 aliphatic rings. The Kier molecular flexibility index (Phi) is 6.51. The molecule has 2 aromatic rings. The van der Waals surface area contributed by atoms with Gasteiger partial charge in [-0.2, -0.15) is 0 Å². The molecule has 0 bridgehead atoms. The summed E-state index contributed by atoms with van der Waals surface area (Å²) in [7, 11) is 4.67. The van der Waals surface area contributed by atoms with Crippen molar-refractivity contribution in [3.63, 3.8) is 0 Å². The minimum atomic E-state index is -0.200. The van der Waals surface area contributed by atoms with Crippen molar-refractivity contribution in [3.8, 4) is 23.0 Å². The molecule has 0 aromatic heterocycles. The van der Waals surface area contributed by atoms with Crippen molar-refractivity contribution in [3.05, 3.63) is 47.5 Å². The van der Waals surface area contributed by atoms with Gasteiger partial charge in [-0.1, -0.05) is 6.07 Å². The van der Waals surface area contributed by atoms with Crippen LogP contribution in [0, 0.1) is 0 Å². The van der Waals surface area contributed by atoms with Gasteiger partial charge in [-0.15, -0.1) is 0 Å². The first-order chi connectivity index (χ1) is 12.1. The van der Waals surface area contributed by atoms with Gasteiger partial charge in [0.2, 0.25) is 0 Å². The van der Waals surface area contributed by atoms with E-state index in [2.05, 4.69) is 5.32 Å². The van der Waals surface area contributed by atoms with Crippen molar-refractivity contribution < 1.29 is 23.7 Å². The van der Waals surface area contributed by atoms with Crippen LogP contribution < -0.4 is 24.3 Å². The molecule has 0 heterocycles. The van der Waals surface area contributed by atoms with E-state index in [0.29, 0.717) is 41.7 Å². The Balaban J connectivity index is 2.07. The van der Waals surface area contributed by atoms with E-state index in [-0.39, 0.29) is 5.91 Å². The second-order valence-electron chi connectivity index (χ2n) is 5.17. The molecule has 0 saturated heterocycles. The Hall–Kier alpha value is -2.89. The van der Waals surface area contributed by atoms with E-state index in [0.717, 1.165) is 5.56 Å². The third kappa shape index (κ3) is 4.56. The first-order valence-electron chi connectivity index (χ1n) is 7.92. The van der Waals surface area contributed by atoms with E-state index in [1.807, 2.05) is 25.1 Å². The maximum Gasteiger partial charge on any atom is 0.251 e. The molecule has 0 aliphatic carbocycles. The molecule has 6 heteroatoms. The molecule has 0 fully saturated rings. The normalized spacial score (nSPS) is 10.1. The average Bonchev–Trinajstić information content (AvgIpc) is 2.66. The zero-order valence-corrected chi connectivity index (χ0v) is 14.9. The summed E-state index contributed by atoms with van der Waals surface area (Å²) in [5.74, 6) is 2.21. The van der Waals surface area contributed by atoms with Gasteiger partial charge in [0.1, 0.15) is 0 Å². The quantitative estimate of drug-likeness (QED) is 0.796. The Morgan fingerprint density at radius 1 is 0.880 bits per heavy atom. The third-order valence-electron chi connectivity index (χ3n) is 3.63. The molecule has 2 aromatic carbocycles. The van der Waals surface area contributed by atoms with Crippen LogP contribution in [0.5, 0.6) is 23.0 Å². The summed E-state index contributed by atoms with van der Waals surface area (Å²) in [5, 5.41) is 2.88. The van der Waals surface area contributed by atoms with Crippen LogP contribution in [0.4, 0.5) is 0 Å². The van der Waals surface area contributed by atoms with Crippen molar-refractivity contribution in [1.29, 1.82) is 0 Å². The number of rotatable bonds is 8. The van der Waals surface area contributed by atoms with E-state index in [1.54, 1.807) is 32.4 Å². The molecule has 0 spiro atoms. The van der Waals surface area contributed by atoms with Gasteiger partial charge in [-0.05, 0) is 42.8 Å². The standard InChI is InChI=1S/C19H23NO5/c1-5-25-16-8-6-13(10-17(16)23-3)12-20-19(21)14-7-9-15(22-2)18(11-14)24-4/h6-11H,5,12H2,1-4H3,(H,20,21). The topological polar surface area (TPSA) is 66.0 Å². The molecule has 0 atom stereocenters. The summed E-state index contributed by atoms with van der Waals surface area (Å²) in [6, 6.07) is 10.6. The highest BCUT2D eigenvalue weighted by Gasteiger charge is 2.11. The maximum absolute atomic E-state index is 12.3. The summed E-state index contributed by atoms with van der Waals surface area (Å²) in [6.45, 7) is 2.85. The molecule has 6 nitrogen and oxygen atoms in total. The third-order valence-corrected chi connectivity index (χ3v) is 3.63. The van der Waals surface area contributed by atoms with Gasteiger partial charge in [-0.3, -0.25) is 4.79 Å². The number of hydrogen-bond donors (Lipinski definition) is 1. The fourth-order valence-corrected chi connectivity index (χ4v) is 2.36. The second kappa shape index (κ2) is 8.82. The van der Waals surface area contributed by atoms with Gasteiger partial charge < -0.3 is 24.3 Å². The van der Waals surface area contributed by atoms with Crippen LogP contribution in [0.2, 0.25) is 0 Å². The lowest BCUT2D eigenvalue weighted by atomic mass is 10.1. The molecule has 25 heavy (non-hydrogen) atoms.